The summed E-state index contributed by atoms with van der Waals surface area (Å²) in [6.07, 6.45) is 0.298. The van der Waals surface area contributed by atoms with Crippen LogP contribution >= 0.6 is 0 Å². The molecule has 3 nitrogen and oxygen atoms in total. The molecular weight excluding hydrogens is 166 g/mol. The molecule has 13 heavy (non-hydrogen) atoms. The zero-order valence-corrected chi connectivity index (χ0v) is 9.21. The van der Waals surface area contributed by atoms with Gasteiger partial charge in [-0.3, -0.25) is 0 Å². The van der Waals surface area contributed by atoms with E-state index in [9.17, 15) is 0 Å². The van der Waals surface area contributed by atoms with Gasteiger partial charge in [-0.15, -0.1) is 0 Å². The molecule has 2 N–H and O–H groups in total. The Morgan fingerprint density at radius 3 is 2.31 bits per heavy atom. The van der Waals surface area contributed by atoms with Crippen LogP contribution in [0.25, 0.3) is 0 Å². The van der Waals surface area contributed by atoms with Crippen LogP contribution in [0.1, 0.15) is 27.7 Å². The van der Waals surface area contributed by atoms with Gasteiger partial charge in [-0.05, 0) is 26.7 Å². The Hall–Kier alpha value is -0.120. The van der Waals surface area contributed by atoms with Gasteiger partial charge in [0.2, 0.25) is 0 Å². The number of nitrogens with one attached hydrogen (secondary N) is 1. The van der Waals surface area contributed by atoms with E-state index in [0.29, 0.717) is 18.1 Å². The first-order valence-corrected chi connectivity index (χ1v) is 5.03. The minimum atomic E-state index is 0.235. The molecule has 2 unspecified atom stereocenters. The van der Waals surface area contributed by atoms with E-state index in [2.05, 4.69) is 12.2 Å². The molecule has 0 saturated carbocycles. The van der Waals surface area contributed by atoms with Crippen molar-refractivity contribution in [1.29, 1.82) is 0 Å². The van der Waals surface area contributed by atoms with Crippen LogP contribution in [0, 0.1) is 5.92 Å². The van der Waals surface area contributed by atoms with Crippen LogP contribution in [0.2, 0.25) is 0 Å². The van der Waals surface area contributed by atoms with E-state index < -0.39 is 0 Å². The predicted octanol–water partition coefficient (Wildman–Crippen LogP) is 1.02. The van der Waals surface area contributed by atoms with Crippen molar-refractivity contribution in [1.82, 2.24) is 5.32 Å². The second-order valence-corrected chi connectivity index (χ2v) is 3.82. The Morgan fingerprint density at radius 1 is 1.23 bits per heavy atom. The number of aliphatic hydroxyl groups is 1. The Labute approximate surface area is 81.5 Å². The van der Waals surface area contributed by atoms with Gasteiger partial charge in [-0.1, -0.05) is 6.92 Å². The highest BCUT2D eigenvalue weighted by atomic mass is 16.5. The van der Waals surface area contributed by atoms with E-state index in [1.807, 2.05) is 20.8 Å². The molecule has 0 aromatic carbocycles. The van der Waals surface area contributed by atoms with Gasteiger partial charge in [0.1, 0.15) is 0 Å². The zero-order chi connectivity index (χ0) is 10.3. The molecule has 0 radical (unpaired) electrons. The summed E-state index contributed by atoms with van der Waals surface area (Å²) in [5, 5.41) is 12.2. The Bertz CT molecular complexity index is 117. The summed E-state index contributed by atoms with van der Waals surface area (Å²) in [4.78, 5) is 0. The molecule has 2 atom stereocenters. The van der Waals surface area contributed by atoms with Crippen LogP contribution < -0.4 is 5.32 Å². The molecule has 0 bridgehead atoms. The number of hydrogen-bond donors (Lipinski definition) is 2. The van der Waals surface area contributed by atoms with E-state index in [1.54, 1.807) is 0 Å². The van der Waals surface area contributed by atoms with E-state index >= 15 is 0 Å². The monoisotopic (exact) mass is 189 g/mol. The van der Waals surface area contributed by atoms with E-state index in [-0.39, 0.29) is 6.61 Å². The normalized spacial score (nSPS) is 16.2. The fourth-order valence-electron chi connectivity index (χ4n) is 0.941. The molecule has 0 fully saturated rings. The summed E-state index contributed by atoms with van der Waals surface area (Å²) in [7, 11) is 0. The van der Waals surface area contributed by atoms with Gasteiger partial charge in [-0.25, -0.2) is 0 Å². The lowest BCUT2D eigenvalue weighted by molar-refractivity contribution is 0.0774. The first-order valence-electron chi connectivity index (χ1n) is 5.03. The maximum absolute atomic E-state index is 8.88. The summed E-state index contributed by atoms with van der Waals surface area (Å²) in [5.41, 5.74) is 0. The molecule has 0 spiro atoms. The highest BCUT2D eigenvalue weighted by Gasteiger charge is 2.09. The molecule has 3 heteroatoms. The van der Waals surface area contributed by atoms with Crippen LogP contribution in [0.3, 0.4) is 0 Å². The average molecular weight is 189 g/mol. The lowest BCUT2D eigenvalue weighted by Crippen LogP contribution is -2.36. The smallest absolute Gasteiger partial charge is 0.0594 e. The first-order chi connectivity index (χ1) is 6.07. The van der Waals surface area contributed by atoms with Crippen molar-refractivity contribution in [3.05, 3.63) is 0 Å². The first kappa shape index (κ1) is 12.9. The third kappa shape index (κ3) is 6.99. The standard InChI is InChI=1S/C10H23NO2/c1-8(2)13-6-5-11-10(4)9(3)7-12/h8-12H,5-7H2,1-4H3. The summed E-state index contributed by atoms with van der Waals surface area (Å²) >= 11 is 0. The second kappa shape index (κ2) is 7.30. The van der Waals surface area contributed by atoms with Crippen LogP contribution in [-0.4, -0.2) is 37.0 Å². The number of hydrogen-bond acceptors (Lipinski definition) is 3. The molecule has 80 valence electrons. The third-order valence-electron chi connectivity index (χ3n) is 2.16. The number of aliphatic hydroxyl groups excluding tert-OH is 1. The molecule has 0 saturated heterocycles. The quantitative estimate of drug-likeness (QED) is 0.587. The van der Waals surface area contributed by atoms with E-state index in [4.69, 9.17) is 9.84 Å². The molecule has 0 aliphatic carbocycles. The fourth-order valence-corrected chi connectivity index (χ4v) is 0.941. The van der Waals surface area contributed by atoms with Gasteiger partial charge < -0.3 is 15.2 Å². The largest absolute Gasteiger partial charge is 0.396 e. The predicted molar refractivity (Wildman–Crippen MR) is 54.8 cm³/mol. The topological polar surface area (TPSA) is 41.5 Å². The number of ether oxygens (including phenoxy) is 1. The molecule has 0 heterocycles. The second-order valence-electron chi connectivity index (χ2n) is 3.82. The number of rotatable bonds is 7. The van der Waals surface area contributed by atoms with Crippen molar-refractivity contribution < 1.29 is 9.84 Å². The average Bonchev–Trinajstić information content (AvgIpc) is 2.10. The Balaban J connectivity index is 3.31. The van der Waals surface area contributed by atoms with Crippen molar-refractivity contribution in [3.8, 4) is 0 Å². The van der Waals surface area contributed by atoms with Crippen LogP contribution in [0.5, 0.6) is 0 Å². The summed E-state index contributed by atoms with van der Waals surface area (Å²) < 4.78 is 5.38. The molecule has 0 amide bonds. The third-order valence-corrected chi connectivity index (χ3v) is 2.16. The maximum Gasteiger partial charge on any atom is 0.0594 e. The van der Waals surface area contributed by atoms with Gasteiger partial charge >= 0.3 is 0 Å². The summed E-state index contributed by atoms with van der Waals surface area (Å²) in [6, 6.07) is 0.348. The fraction of sp³-hybridized carbons (Fsp3) is 1.00. The SMILES string of the molecule is CC(C)OCCNC(C)C(C)CO. The van der Waals surface area contributed by atoms with Crippen molar-refractivity contribution in [2.75, 3.05) is 19.8 Å². The van der Waals surface area contributed by atoms with Crippen LogP contribution in [0.15, 0.2) is 0 Å². The van der Waals surface area contributed by atoms with Gasteiger partial charge in [0, 0.05) is 19.2 Å². The minimum absolute atomic E-state index is 0.235. The maximum atomic E-state index is 8.88. The van der Waals surface area contributed by atoms with Crippen molar-refractivity contribution in [2.24, 2.45) is 5.92 Å². The van der Waals surface area contributed by atoms with Crippen molar-refractivity contribution in [3.63, 3.8) is 0 Å². The summed E-state index contributed by atoms with van der Waals surface area (Å²) in [5.74, 6) is 0.305. The van der Waals surface area contributed by atoms with Crippen molar-refractivity contribution in [2.45, 2.75) is 39.8 Å². The molecule has 0 aliphatic rings. The lowest BCUT2D eigenvalue weighted by Gasteiger charge is -2.19. The molecule has 0 rings (SSSR count). The molecule has 0 aromatic rings. The van der Waals surface area contributed by atoms with Crippen LogP contribution in [0.4, 0.5) is 0 Å². The van der Waals surface area contributed by atoms with Gasteiger partial charge in [-0.2, -0.15) is 0 Å². The molecule has 0 aliphatic heterocycles. The van der Waals surface area contributed by atoms with Crippen molar-refractivity contribution >= 4 is 0 Å². The molecule has 0 aromatic heterocycles. The highest BCUT2D eigenvalue weighted by Crippen LogP contribution is 1.99. The highest BCUT2D eigenvalue weighted by molar-refractivity contribution is 4.66. The zero-order valence-electron chi connectivity index (χ0n) is 9.21. The lowest BCUT2D eigenvalue weighted by atomic mass is 10.1. The van der Waals surface area contributed by atoms with Gasteiger partial charge in [0.15, 0.2) is 0 Å². The van der Waals surface area contributed by atoms with E-state index in [1.165, 1.54) is 0 Å². The minimum Gasteiger partial charge on any atom is -0.396 e. The molecular formula is C10H23NO2. The van der Waals surface area contributed by atoms with Crippen LogP contribution in [-0.2, 0) is 4.74 Å². The van der Waals surface area contributed by atoms with Gasteiger partial charge in [0.05, 0.1) is 12.7 Å². The van der Waals surface area contributed by atoms with E-state index in [0.717, 1.165) is 13.2 Å². The summed E-state index contributed by atoms with van der Waals surface area (Å²) in [6.45, 7) is 9.99. The van der Waals surface area contributed by atoms with Gasteiger partial charge in [0.25, 0.3) is 0 Å². The Morgan fingerprint density at radius 2 is 1.85 bits per heavy atom. The Kier molecular flexibility index (Phi) is 7.23.